The molecule has 1 N–H and O–H groups in total. The molecule has 0 saturated carbocycles. The van der Waals surface area contributed by atoms with Crippen LogP contribution in [-0.2, 0) is 4.74 Å². The molecule has 1 atom stereocenters. The molecule has 0 aliphatic carbocycles. The van der Waals surface area contributed by atoms with Gasteiger partial charge >= 0.3 is 0 Å². The molecule has 158 valence electrons. The van der Waals surface area contributed by atoms with Crippen molar-refractivity contribution in [3.05, 3.63) is 47.2 Å². The first-order chi connectivity index (χ1) is 14.5. The zero-order valence-corrected chi connectivity index (χ0v) is 18.1. The van der Waals surface area contributed by atoms with Gasteiger partial charge in [-0.25, -0.2) is 9.97 Å². The number of fused-ring (bicyclic) bond motifs is 1. The Hall–Kier alpha value is -2.61. The summed E-state index contributed by atoms with van der Waals surface area (Å²) in [7, 11) is 3.70. The summed E-state index contributed by atoms with van der Waals surface area (Å²) in [5.74, 6) is 1.91. The van der Waals surface area contributed by atoms with Gasteiger partial charge in [0.1, 0.15) is 24.9 Å². The number of nitrogens with one attached hydrogen (secondary N) is 1. The summed E-state index contributed by atoms with van der Waals surface area (Å²) in [6.07, 6.45) is 1.54. The Morgan fingerprint density at radius 1 is 1.23 bits per heavy atom. The molecule has 3 aromatic rings. The van der Waals surface area contributed by atoms with Crippen LogP contribution >= 0.6 is 11.6 Å². The number of nitrogens with zero attached hydrogens (tertiary/aromatic N) is 3. The van der Waals surface area contributed by atoms with Gasteiger partial charge in [0, 0.05) is 35.3 Å². The zero-order chi connectivity index (χ0) is 21.1. The van der Waals surface area contributed by atoms with Crippen LogP contribution < -0.4 is 14.8 Å². The summed E-state index contributed by atoms with van der Waals surface area (Å²) >= 11 is 6.26. The van der Waals surface area contributed by atoms with Crippen molar-refractivity contribution in [3.63, 3.8) is 0 Å². The van der Waals surface area contributed by atoms with E-state index in [1.165, 1.54) is 6.33 Å². The maximum absolute atomic E-state index is 6.26. The smallest absolute Gasteiger partial charge is 0.162 e. The van der Waals surface area contributed by atoms with Crippen LogP contribution in [0.3, 0.4) is 0 Å². The molecule has 0 spiro atoms. The lowest BCUT2D eigenvalue weighted by atomic mass is 10.2. The number of hydrogen-bond acceptors (Lipinski definition) is 7. The van der Waals surface area contributed by atoms with Gasteiger partial charge in [-0.15, -0.1) is 0 Å². The van der Waals surface area contributed by atoms with E-state index in [9.17, 15) is 0 Å². The number of rotatable bonds is 6. The van der Waals surface area contributed by atoms with Crippen LogP contribution in [0.15, 0.2) is 36.7 Å². The van der Waals surface area contributed by atoms with Crippen molar-refractivity contribution in [1.29, 1.82) is 0 Å². The van der Waals surface area contributed by atoms with Gasteiger partial charge in [0.2, 0.25) is 0 Å². The van der Waals surface area contributed by atoms with E-state index in [0.717, 1.165) is 35.2 Å². The molecular formula is C22H25ClN4O3. The lowest BCUT2D eigenvalue weighted by Crippen LogP contribution is -2.42. The summed E-state index contributed by atoms with van der Waals surface area (Å²) in [4.78, 5) is 11.0. The maximum atomic E-state index is 6.26. The van der Waals surface area contributed by atoms with E-state index in [4.69, 9.17) is 25.8 Å². The topological polar surface area (TPSA) is 68.7 Å². The van der Waals surface area contributed by atoms with Crippen LogP contribution in [0, 0.1) is 6.92 Å². The molecule has 7 nitrogen and oxygen atoms in total. The van der Waals surface area contributed by atoms with Crippen LogP contribution in [0.5, 0.6) is 11.5 Å². The monoisotopic (exact) mass is 428 g/mol. The molecule has 4 rings (SSSR count). The summed E-state index contributed by atoms with van der Waals surface area (Å²) in [5.41, 5.74) is 2.62. The highest BCUT2D eigenvalue weighted by Gasteiger charge is 2.20. The maximum Gasteiger partial charge on any atom is 0.162 e. The van der Waals surface area contributed by atoms with Crippen LogP contribution in [0.2, 0.25) is 5.02 Å². The van der Waals surface area contributed by atoms with Gasteiger partial charge < -0.3 is 24.4 Å². The van der Waals surface area contributed by atoms with E-state index in [1.807, 2.05) is 37.3 Å². The number of aromatic nitrogens is 2. The number of ether oxygens (including phenoxy) is 3. The van der Waals surface area contributed by atoms with E-state index < -0.39 is 0 Å². The molecule has 1 saturated heterocycles. The predicted molar refractivity (Wildman–Crippen MR) is 118 cm³/mol. The minimum atomic E-state index is 0.0171. The lowest BCUT2D eigenvalue weighted by molar-refractivity contribution is -0.0406. The average molecular weight is 429 g/mol. The fraction of sp³-hybridized carbons (Fsp3) is 0.364. The number of likely N-dealkylation sites (N-methyl/N-ethyl adjacent to an activating group) is 1. The minimum Gasteiger partial charge on any atom is -0.493 e. The number of aryl methyl sites for hydroxylation is 1. The van der Waals surface area contributed by atoms with Crippen molar-refractivity contribution < 1.29 is 14.2 Å². The summed E-state index contributed by atoms with van der Waals surface area (Å²) in [6.45, 7) is 4.89. The highest BCUT2D eigenvalue weighted by Crippen LogP contribution is 2.35. The largest absolute Gasteiger partial charge is 0.493 e. The van der Waals surface area contributed by atoms with Gasteiger partial charge in [-0.05, 0) is 37.7 Å². The number of methoxy groups -OCH3 is 1. The molecule has 2 aromatic carbocycles. The molecular weight excluding hydrogens is 404 g/mol. The second kappa shape index (κ2) is 9.04. The van der Waals surface area contributed by atoms with E-state index in [0.29, 0.717) is 35.6 Å². The second-order valence-corrected chi connectivity index (χ2v) is 7.80. The number of halogens is 1. The van der Waals surface area contributed by atoms with Crippen molar-refractivity contribution in [1.82, 2.24) is 14.9 Å². The summed E-state index contributed by atoms with van der Waals surface area (Å²) in [6, 6.07) is 9.56. The first-order valence-electron chi connectivity index (χ1n) is 9.82. The third kappa shape index (κ3) is 4.59. The lowest BCUT2D eigenvalue weighted by Gasteiger charge is -2.30. The highest BCUT2D eigenvalue weighted by molar-refractivity contribution is 6.31. The summed E-state index contributed by atoms with van der Waals surface area (Å²) in [5, 5.41) is 4.85. The molecule has 1 fully saturated rings. The fourth-order valence-corrected chi connectivity index (χ4v) is 3.57. The van der Waals surface area contributed by atoms with Gasteiger partial charge in [0.15, 0.2) is 11.5 Å². The molecule has 0 bridgehead atoms. The van der Waals surface area contributed by atoms with Gasteiger partial charge in [0.25, 0.3) is 0 Å². The molecule has 2 heterocycles. The van der Waals surface area contributed by atoms with Crippen LogP contribution in [0.4, 0.5) is 11.5 Å². The van der Waals surface area contributed by atoms with Crippen molar-refractivity contribution >= 4 is 34.0 Å². The van der Waals surface area contributed by atoms with Gasteiger partial charge in [-0.2, -0.15) is 0 Å². The highest BCUT2D eigenvalue weighted by atomic mass is 35.5. The van der Waals surface area contributed by atoms with E-state index in [-0.39, 0.29) is 6.10 Å². The molecule has 0 amide bonds. The second-order valence-electron chi connectivity index (χ2n) is 7.40. The van der Waals surface area contributed by atoms with Crippen LogP contribution in [-0.4, -0.2) is 61.4 Å². The van der Waals surface area contributed by atoms with Crippen LogP contribution in [0.1, 0.15) is 5.56 Å². The van der Waals surface area contributed by atoms with E-state index >= 15 is 0 Å². The first-order valence-corrected chi connectivity index (χ1v) is 10.2. The van der Waals surface area contributed by atoms with Crippen molar-refractivity contribution in [2.24, 2.45) is 0 Å². The fourth-order valence-electron chi connectivity index (χ4n) is 3.39. The predicted octanol–water partition coefficient (Wildman–Crippen LogP) is 4.05. The van der Waals surface area contributed by atoms with Crippen molar-refractivity contribution in [2.75, 3.05) is 45.8 Å². The normalized spacial score (nSPS) is 17.1. The average Bonchev–Trinajstić information content (AvgIpc) is 2.74. The van der Waals surface area contributed by atoms with Crippen molar-refractivity contribution in [2.45, 2.75) is 13.0 Å². The number of morpholine rings is 1. The molecule has 8 heteroatoms. The Kier molecular flexibility index (Phi) is 6.22. The van der Waals surface area contributed by atoms with Crippen molar-refractivity contribution in [3.8, 4) is 11.5 Å². The number of benzene rings is 2. The Bertz CT molecular complexity index is 1050. The quantitative estimate of drug-likeness (QED) is 0.635. The minimum absolute atomic E-state index is 0.0171. The van der Waals surface area contributed by atoms with Gasteiger partial charge in [-0.3, -0.25) is 0 Å². The standard InChI is InChI=1S/C22H25ClN4O3/c1-14-4-5-15(8-18(14)23)26-22-17-9-21(20(28-3)10-19(17)24-13-25-22)30-12-16-11-27(2)6-7-29-16/h4-5,8-10,13,16H,6-7,11-12H2,1-3H3,(H,24,25,26). The van der Waals surface area contributed by atoms with E-state index in [2.05, 4.69) is 27.2 Å². The Morgan fingerprint density at radius 3 is 2.87 bits per heavy atom. The zero-order valence-electron chi connectivity index (χ0n) is 17.3. The molecule has 30 heavy (non-hydrogen) atoms. The third-order valence-corrected chi connectivity index (χ3v) is 5.53. The van der Waals surface area contributed by atoms with E-state index in [1.54, 1.807) is 7.11 Å². The third-order valence-electron chi connectivity index (χ3n) is 5.12. The van der Waals surface area contributed by atoms with Gasteiger partial charge in [-0.1, -0.05) is 17.7 Å². The van der Waals surface area contributed by atoms with Crippen LogP contribution in [0.25, 0.3) is 10.9 Å². The Balaban J connectivity index is 1.62. The molecule has 1 aliphatic rings. The Morgan fingerprint density at radius 2 is 2.10 bits per heavy atom. The summed E-state index contributed by atoms with van der Waals surface area (Å²) < 4.78 is 17.4. The Labute approximate surface area is 180 Å². The number of anilines is 2. The molecule has 1 aromatic heterocycles. The van der Waals surface area contributed by atoms with Gasteiger partial charge in [0.05, 0.1) is 19.2 Å². The molecule has 1 aliphatic heterocycles. The molecule has 0 radical (unpaired) electrons. The molecule has 1 unspecified atom stereocenters. The first kappa shape index (κ1) is 20.7. The SMILES string of the molecule is COc1cc2ncnc(Nc3ccc(C)c(Cl)c3)c2cc1OCC1CN(C)CCO1. The number of hydrogen-bond donors (Lipinski definition) is 1.